The second-order valence-corrected chi connectivity index (χ2v) is 19.4. The Labute approximate surface area is 310 Å². The maximum absolute atomic E-state index is 14.8. The molecular formula is C39H56F3O10P. The van der Waals surface area contributed by atoms with Crippen molar-refractivity contribution in [2.45, 2.75) is 128 Å². The van der Waals surface area contributed by atoms with E-state index in [0.29, 0.717) is 12.3 Å². The number of alkyl halides is 3. The lowest BCUT2D eigenvalue weighted by Crippen LogP contribution is -2.68. The fourth-order valence-corrected chi connectivity index (χ4v) is 13.8. The van der Waals surface area contributed by atoms with Gasteiger partial charge >= 0.3 is 20.0 Å². The van der Waals surface area contributed by atoms with Crippen molar-refractivity contribution in [2.75, 3.05) is 14.2 Å². The molecular weight excluding hydrogens is 716 g/mol. The fraction of sp³-hybridized carbons (Fsp3) is 0.821. The molecule has 4 aliphatic carbocycles. The maximum atomic E-state index is 14.8. The van der Waals surface area contributed by atoms with Crippen LogP contribution in [0.2, 0.25) is 0 Å². The molecule has 1 aromatic rings. The van der Waals surface area contributed by atoms with Gasteiger partial charge in [0, 0.05) is 25.7 Å². The Balaban J connectivity index is 1.24. The van der Waals surface area contributed by atoms with Crippen molar-refractivity contribution in [3.8, 4) is 0 Å². The summed E-state index contributed by atoms with van der Waals surface area (Å²) in [6, 6.07) is 6.52. The van der Waals surface area contributed by atoms with Crippen LogP contribution in [-0.4, -0.2) is 79.3 Å². The van der Waals surface area contributed by atoms with Crippen LogP contribution in [0, 0.1) is 58.2 Å². The van der Waals surface area contributed by atoms with Crippen LogP contribution in [0.25, 0.3) is 0 Å². The number of phosphoric ester groups is 1. The zero-order valence-corrected chi connectivity index (χ0v) is 32.7. The molecule has 2 saturated heterocycles. The normalized spacial score (nSPS) is 48.1. The molecule has 1 unspecified atom stereocenters. The number of carbonyl (C=O) groups excluding carboxylic acids is 1. The monoisotopic (exact) mass is 772 g/mol. The predicted octanol–water partition coefficient (Wildman–Crippen LogP) is 7.06. The van der Waals surface area contributed by atoms with Crippen LogP contribution < -0.4 is 0 Å². The second kappa shape index (κ2) is 13.5. The average Bonchev–Trinajstić information content (AvgIpc) is 3.24. The van der Waals surface area contributed by atoms with Gasteiger partial charge in [-0.2, -0.15) is 13.2 Å². The molecule has 14 heteroatoms. The van der Waals surface area contributed by atoms with Crippen molar-refractivity contribution < 1.29 is 60.5 Å². The number of hydrogen-bond acceptors (Lipinski definition) is 10. The molecule has 0 aromatic heterocycles. The highest BCUT2D eigenvalue weighted by Gasteiger charge is 2.75. The zero-order chi connectivity index (χ0) is 38.6. The largest absolute Gasteiger partial charge is 0.475 e. The van der Waals surface area contributed by atoms with Gasteiger partial charge in [-0.25, -0.2) is 9.36 Å². The summed E-state index contributed by atoms with van der Waals surface area (Å²) in [6.07, 6.45) is -8.89. The Morgan fingerprint density at radius 3 is 2.17 bits per heavy atom. The number of ether oxygens (including phenoxy) is 3. The maximum Gasteiger partial charge on any atom is 0.475 e. The van der Waals surface area contributed by atoms with Crippen molar-refractivity contribution >= 4 is 13.8 Å². The predicted molar refractivity (Wildman–Crippen MR) is 186 cm³/mol. The third-order valence-electron chi connectivity index (χ3n) is 15.2. The van der Waals surface area contributed by atoms with E-state index in [9.17, 15) is 32.7 Å². The number of halogens is 3. The van der Waals surface area contributed by atoms with Gasteiger partial charge in [-0.1, -0.05) is 71.9 Å². The van der Waals surface area contributed by atoms with Crippen LogP contribution in [0.3, 0.4) is 0 Å². The first-order valence-electron chi connectivity index (χ1n) is 19.2. The van der Waals surface area contributed by atoms with Gasteiger partial charge in [0.05, 0.1) is 36.6 Å². The van der Waals surface area contributed by atoms with E-state index >= 15 is 0 Å². The number of fused-ring (bicyclic) bond motifs is 5. The number of rotatable bonds is 7. The number of hydrogen-bond donors (Lipinski definition) is 2. The van der Waals surface area contributed by atoms with Gasteiger partial charge in [-0.3, -0.25) is 13.6 Å². The molecule has 4 saturated carbocycles. The number of benzene rings is 1. The number of esters is 1. The smallest absolute Gasteiger partial charge is 0.457 e. The van der Waals surface area contributed by atoms with Crippen LogP contribution in [-0.2, 0) is 42.7 Å². The van der Waals surface area contributed by atoms with Crippen LogP contribution in [0.5, 0.6) is 0 Å². The van der Waals surface area contributed by atoms with Gasteiger partial charge in [-0.15, -0.1) is 0 Å². The van der Waals surface area contributed by atoms with Crippen molar-refractivity contribution in [3.63, 3.8) is 0 Å². The van der Waals surface area contributed by atoms with Gasteiger partial charge < -0.3 is 24.4 Å². The first kappa shape index (κ1) is 39.7. The molecule has 53 heavy (non-hydrogen) atoms. The van der Waals surface area contributed by atoms with E-state index in [1.807, 2.05) is 6.92 Å². The Morgan fingerprint density at radius 2 is 1.57 bits per heavy atom. The molecule has 0 spiro atoms. The van der Waals surface area contributed by atoms with Gasteiger partial charge in [0.15, 0.2) is 0 Å². The summed E-state index contributed by atoms with van der Waals surface area (Å²) < 4.78 is 94.4. The number of phosphoric acid groups is 1. The Kier molecular flexibility index (Phi) is 10.1. The summed E-state index contributed by atoms with van der Waals surface area (Å²) in [6.45, 7) is 13.1. The number of aliphatic hydroxyl groups is 2. The number of methoxy groups -OCH3 is 1. The Bertz CT molecular complexity index is 1580. The van der Waals surface area contributed by atoms with Crippen LogP contribution in [0.15, 0.2) is 30.3 Å². The van der Waals surface area contributed by atoms with Gasteiger partial charge in [-0.05, 0) is 84.4 Å². The molecule has 7 rings (SSSR count). The molecule has 0 radical (unpaired) electrons. The highest BCUT2D eigenvalue weighted by molar-refractivity contribution is 7.48. The molecule has 1 aromatic carbocycles. The third-order valence-corrected chi connectivity index (χ3v) is 16.6. The zero-order valence-electron chi connectivity index (χ0n) is 31.8. The van der Waals surface area contributed by atoms with E-state index < -0.39 is 73.0 Å². The first-order chi connectivity index (χ1) is 24.8. The van der Waals surface area contributed by atoms with Crippen molar-refractivity contribution in [3.05, 3.63) is 35.9 Å². The second-order valence-electron chi connectivity index (χ2n) is 17.7. The highest BCUT2D eigenvalue weighted by Crippen LogP contribution is 2.74. The van der Waals surface area contributed by atoms with Crippen LogP contribution in [0.1, 0.15) is 79.2 Å². The van der Waals surface area contributed by atoms with E-state index in [-0.39, 0.29) is 59.6 Å². The van der Waals surface area contributed by atoms with Gasteiger partial charge in [0.25, 0.3) is 5.60 Å². The summed E-state index contributed by atoms with van der Waals surface area (Å²) in [5, 5.41) is 24.4. The lowest BCUT2D eigenvalue weighted by molar-refractivity contribution is -0.286. The summed E-state index contributed by atoms with van der Waals surface area (Å²) in [5.74, 6) is -2.37. The summed E-state index contributed by atoms with van der Waals surface area (Å²) in [4.78, 5) is 13.7. The summed E-state index contributed by atoms with van der Waals surface area (Å²) in [7, 11) is -2.25. The standard InChI is InChI=1S/C39H56F3O10P/c1-19(2)21(4)25-18-20(3)27-33(49-25)34-28-26-23(14-16-37(27,28)6)36(5)17-15-24(30(43)29(36)31(44)32(26)51-53(46,48-8)52-34)50-35(45)38(47-7,39(40,41)42)22-12-10-9-11-13-22/h9-13,19-21,23-34,43-44H,14-18H2,1-8H3/t20-,21+,23+,24-,25-,26-,27+,28-,29-,30+,31+,32-,33+,34+,36-,37-,38+,53?/m1/s1. The first-order valence-corrected chi connectivity index (χ1v) is 20.7. The molecule has 6 aliphatic rings. The minimum atomic E-state index is -5.20. The molecule has 2 aliphatic heterocycles. The van der Waals surface area contributed by atoms with Crippen LogP contribution in [0.4, 0.5) is 13.2 Å². The Morgan fingerprint density at radius 1 is 0.925 bits per heavy atom. The summed E-state index contributed by atoms with van der Waals surface area (Å²) >= 11 is 0. The molecule has 2 N–H and O–H groups in total. The Hall–Kier alpha value is -1.57. The average molecular weight is 773 g/mol. The van der Waals surface area contributed by atoms with Crippen LogP contribution >= 0.6 is 7.82 Å². The topological polar surface area (TPSA) is 130 Å². The minimum Gasteiger partial charge on any atom is -0.457 e. The highest BCUT2D eigenvalue weighted by atomic mass is 31.2. The molecule has 0 bridgehead atoms. The molecule has 18 atom stereocenters. The SMILES string of the molecule is CO[C@](C(=O)O[C@@H]1CC[C@@]2(C)[C@@H]([C@H](O)[C@@H]3OP(=O)(OC)O[C@@H]4[C@H]5O[C@@H]([C@@H](C)C(C)C)C[C@@H](C)[C@@H]5[C@@]5(C)CC[C@H]2[C@@H]3[C@H]45)[C@H]1O)(c1ccccc1)C(F)(F)F. The lowest BCUT2D eigenvalue weighted by Gasteiger charge is -2.64. The molecule has 10 nitrogen and oxygen atoms in total. The quantitative estimate of drug-likeness (QED) is 0.220. The van der Waals surface area contributed by atoms with E-state index in [1.54, 1.807) is 0 Å². The van der Waals surface area contributed by atoms with E-state index in [1.165, 1.54) is 25.3 Å². The van der Waals surface area contributed by atoms with Gasteiger partial charge in [0.1, 0.15) is 6.10 Å². The molecule has 0 amide bonds. The minimum absolute atomic E-state index is 0.0145. The summed E-state index contributed by atoms with van der Waals surface area (Å²) in [5.41, 5.74) is -4.95. The molecule has 6 fully saturated rings. The lowest BCUT2D eigenvalue weighted by atomic mass is 9.42. The van der Waals surface area contributed by atoms with Crippen molar-refractivity contribution in [2.24, 2.45) is 58.2 Å². The number of aliphatic hydroxyl groups excluding tert-OH is 2. The van der Waals surface area contributed by atoms with Crippen molar-refractivity contribution in [1.82, 2.24) is 0 Å². The molecule has 2 heterocycles. The van der Waals surface area contributed by atoms with E-state index in [4.69, 9.17) is 27.8 Å². The fourth-order valence-electron chi connectivity index (χ4n) is 12.4. The van der Waals surface area contributed by atoms with E-state index in [0.717, 1.165) is 38.5 Å². The number of carbonyl (C=O) groups is 1. The third kappa shape index (κ3) is 5.75. The molecule has 298 valence electrons. The van der Waals surface area contributed by atoms with E-state index in [2.05, 4.69) is 34.6 Å². The van der Waals surface area contributed by atoms with Crippen molar-refractivity contribution in [1.29, 1.82) is 0 Å². The van der Waals surface area contributed by atoms with Gasteiger partial charge in [0.2, 0.25) is 0 Å².